The first-order valence-corrected chi connectivity index (χ1v) is 6.78. The van der Waals surface area contributed by atoms with Crippen LogP contribution >= 0.6 is 0 Å². The van der Waals surface area contributed by atoms with Crippen LogP contribution in [0.5, 0.6) is 0 Å². The maximum atomic E-state index is 12.1. The Hall–Kier alpha value is -2.04. The summed E-state index contributed by atoms with van der Waals surface area (Å²) in [6.07, 6.45) is 0. The SMILES string of the molecule is CCN(CC(C)C)C(=O)NC(C(=O)O)c1ccccc1. The second kappa shape index (κ2) is 7.53. The molecule has 1 aromatic carbocycles. The number of hydrogen-bond acceptors (Lipinski definition) is 2. The maximum absolute atomic E-state index is 12.1. The van der Waals surface area contributed by atoms with Crippen LogP contribution in [0.3, 0.4) is 0 Å². The molecule has 0 aliphatic rings. The van der Waals surface area contributed by atoms with Gasteiger partial charge in [0.05, 0.1) is 0 Å². The Kier molecular flexibility index (Phi) is 6.03. The highest BCUT2D eigenvalue weighted by molar-refractivity contribution is 5.83. The van der Waals surface area contributed by atoms with Crippen LogP contribution in [0.25, 0.3) is 0 Å². The van der Waals surface area contributed by atoms with Gasteiger partial charge in [-0.25, -0.2) is 9.59 Å². The molecule has 1 atom stereocenters. The van der Waals surface area contributed by atoms with Gasteiger partial charge in [-0.2, -0.15) is 0 Å². The van der Waals surface area contributed by atoms with E-state index in [1.165, 1.54) is 0 Å². The summed E-state index contributed by atoms with van der Waals surface area (Å²) in [7, 11) is 0. The Morgan fingerprint density at radius 3 is 2.30 bits per heavy atom. The quantitative estimate of drug-likeness (QED) is 0.840. The number of carboxylic acid groups (broad SMARTS) is 1. The Bertz CT molecular complexity index is 446. The molecule has 1 rings (SSSR count). The fourth-order valence-corrected chi connectivity index (χ4v) is 1.94. The van der Waals surface area contributed by atoms with Crippen molar-refractivity contribution in [3.05, 3.63) is 35.9 Å². The number of rotatable bonds is 6. The van der Waals surface area contributed by atoms with Gasteiger partial charge in [-0.05, 0) is 18.4 Å². The van der Waals surface area contributed by atoms with E-state index >= 15 is 0 Å². The molecule has 1 unspecified atom stereocenters. The van der Waals surface area contributed by atoms with E-state index in [-0.39, 0.29) is 6.03 Å². The van der Waals surface area contributed by atoms with Crippen molar-refractivity contribution in [1.82, 2.24) is 10.2 Å². The van der Waals surface area contributed by atoms with Crippen LogP contribution in [0.4, 0.5) is 4.79 Å². The number of hydrogen-bond donors (Lipinski definition) is 2. The molecule has 0 saturated carbocycles. The zero-order valence-corrected chi connectivity index (χ0v) is 12.2. The molecule has 0 aliphatic heterocycles. The molecule has 0 aromatic heterocycles. The first-order valence-electron chi connectivity index (χ1n) is 6.78. The molecule has 0 heterocycles. The van der Waals surface area contributed by atoms with Crippen molar-refractivity contribution in [2.45, 2.75) is 26.8 Å². The van der Waals surface area contributed by atoms with Crippen LogP contribution in [0.1, 0.15) is 32.4 Å². The van der Waals surface area contributed by atoms with Gasteiger partial charge in [-0.3, -0.25) is 0 Å². The van der Waals surface area contributed by atoms with Crippen LogP contribution in [-0.4, -0.2) is 35.1 Å². The van der Waals surface area contributed by atoms with Gasteiger partial charge in [0.1, 0.15) is 0 Å². The van der Waals surface area contributed by atoms with Crippen molar-refractivity contribution in [1.29, 1.82) is 0 Å². The monoisotopic (exact) mass is 278 g/mol. The van der Waals surface area contributed by atoms with E-state index in [1.54, 1.807) is 35.2 Å². The minimum absolute atomic E-state index is 0.334. The molecule has 20 heavy (non-hydrogen) atoms. The third kappa shape index (κ3) is 4.57. The Morgan fingerprint density at radius 2 is 1.85 bits per heavy atom. The normalized spacial score (nSPS) is 12.0. The number of carboxylic acids is 1. The molecule has 0 spiro atoms. The molecule has 1 aromatic rings. The molecular formula is C15H22N2O3. The third-order valence-electron chi connectivity index (χ3n) is 2.90. The number of carbonyl (C=O) groups excluding carboxylic acids is 1. The highest BCUT2D eigenvalue weighted by atomic mass is 16.4. The highest BCUT2D eigenvalue weighted by Gasteiger charge is 2.24. The van der Waals surface area contributed by atoms with E-state index in [9.17, 15) is 14.7 Å². The first kappa shape index (κ1) is 16.0. The zero-order valence-electron chi connectivity index (χ0n) is 12.2. The summed E-state index contributed by atoms with van der Waals surface area (Å²) < 4.78 is 0. The summed E-state index contributed by atoms with van der Waals surface area (Å²) in [6, 6.07) is 7.32. The van der Waals surface area contributed by atoms with Gasteiger partial charge in [0.15, 0.2) is 6.04 Å². The lowest BCUT2D eigenvalue weighted by Crippen LogP contribution is -2.45. The zero-order chi connectivity index (χ0) is 15.1. The molecule has 5 nitrogen and oxygen atoms in total. The summed E-state index contributed by atoms with van der Waals surface area (Å²) in [5.74, 6) is -0.731. The molecule has 0 saturated heterocycles. The van der Waals surface area contributed by atoms with Crippen LogP contribution in [0, 0.1) is 5.92 Å². The Morgan fingerprint density at radius 1 is 1.25 bits per heavy atom. The molecule has 0 aliphatic carbocycles. The summed E-state index contributed by atoms with van der Waals surface area (Å²) in [5.41, 5.74) is 0.564. The number of nitrogens with one attached hydrogen (secondary N) is 1. The van der Waals surface area contributed by atoms with Crippen LogP contribution < -0.4 is 5.32 Å². The predicted molar refractivity (Wildman–Crippen MR) is 77.4 cm³/mol. The minimum atomic E-state index is -1.06. The van der Waals surface area contributed by atoms with E-state index in [4.69, 9.17) is 0 Å². The van der Waals surface area contributed by atoms with Crippen LogP contribution in [0.15, 0.2) is 30.3 Å². The number of benzene rings is 1. The fraction of sp³-hybridized carbons (Fsp3) is 0.467. The van der Waals surface area contributed by atoms with Crippen molar-refractivity contribution in [3.63, 3.8) is 0 Å². The average Bonchev–Trinajstić information content (AvgIpc) is 2.42. The maximum Gasteiger partial charge on any atom is 0.330 e. The second-order valence-corrected chi connectivity index (χ2v) is 5.06. The van der Waals surface area contributed by atoms with Gasteiger partial charge in [-0.15, -0.1) is 0 Å². The van der Waals surface area contributed by atoms with Gasteiger partial charge in [-0.1, -0.05) is 44.2 Å². The molecular weight excluding hydrogens is 256 g/mol. The van der Waals surface area contributed by atoms with Crippen LogP contribution in [-0.2, 0) is 4.79 Å². The van der Waals surface area contributed by atoms with Crippen LogP contribution in [0.2, 0.25) is 0 Å². The lowest BCUT2D eigenvalue weighted by atomic mass is 10.1. The molecule has 2 amide bonds. The molecule has 5 heteroatoms. The van der Waals surface area contributed by atoms with Crippen molar-refractivity contribution in [3.8, 4) is 0 Å². The summed E-state index contributed by atoms with van der Waals surface area (Å²) in [4.78, 5) is 25.1. The van der Waals surface area contributed by atoms with Crippen molar-refractivity contribution in [2.75, 3.05) is 13.1 Å². The second-order valence-electron chi connectivity index (χ2n) is 5.06. The molecule has 0 radical (unpaired) electrons. The van der Waals surface area contributed by atoms with Gasteiger partial charge in [0.25, 0.3) is 0 Å². The first-order chi connectivity index (χ1) is 9.45. The number of aliphatic carboxylic acids is 1. The highest BCUT2D eigenvalue weighted by Crippen LogP contribution is 2.13. The van der Waals surface area contributed by atoms with E-state index in [0.29, 0.717) is 24.6 Å². The number of nitrogens with zero attached hydrogens (tertiary/aromatic N) is 1. The largest absolute Gasteiger partial charge is 0.479 e. The van der Waals surface area contributed by atoms with E-state index in [0.717, 1.165) is 0 Å². The fourth-order valence-electron chi connectivity index (χ4n) is 1.94. The average molecular weight is 278 g/mol. The standard InChI is InChI=1S/C15H22N2O3/c1-4-17(10-11(2)3)15(20)16-13(14(18)19)12-8-6-5-7-9-12/h5-9,11,13H,4,10H2,1-3H3,(H,16,20)(H,18,19). The Labute approximate surface area is 119 Å². The van der Waals surface area contributed by atoms with Crippen molar-refractivity contribution < 1.29 is 14.7 Å². The molecule has 110 valence electrons. The topological polar surface area (TPSA) is 69.6 Å². The summed E-state index contributed by atoms with van der Waals surface area (Å²) in [6.45, 7) is 7.05. The van der Waals surface area contributed by atoms with E-state index in [2.05, 4.69) is 5.32 Å². The Balaban J connectivity index is 2.81. The van der Waals surface area contributed by atoms with Gasteiger partial charge < -0.3 is 15.3 Å². The predicted octanol–water partition coefficient (Wildman–Crippen LogP) is 2.50. The van der Waals surface area contributed by atoms with Gasteiger partial charge in [0, 0.05) is 13.1 Å². The third-order valence-corrected chi connectivity index (χ3v) is 2.90. The van der Waals surface area contributed by atoms with E-state index in [1.807, 2.05) is 20.8 Å². The number of carbonyl (C=O) groups is 2. The number of amides is 2. The molecule has 0 fully saturated rings. The van der Waals surface area contributed by atoms with Gasteiger partial charge >= 0.3 is 12.0 Å². The van der Waals surface area contributed by atoms with E-state index < -0.39 is 12.0 Å². The summed E-state index contributed by atoms with van der Waals surface area (Å²) in [5, 5.41) is 11.9. The van der Waals surface area contributed by atoms with Crippen molar-refractivity contribution in [2.24, 2.45) is 5.92 Å². The van der Waals surface area contributed by atoms with Gasteiger partial charge in [0.2, 0.25) is 0 Å². The lowest BCUT2D eigenvalue weighted by molar-refractivity contribution is -0.139. The lowest BCUT2D eigenvalue weighted by Gasteiger charge is -2.25. The molecule has 2 N–H and O–H groups in total. The summed E-state index contributed by atoms with van der Waals surface area (Å²) >= 11 is 0. The number of urea groups is 1. The minimum Gasteiger partial charge on any atom is -0.479 e. The smallest absolute Gasteiger partial charge is 0.330 e. The van der Waals surface area contributed by atoms with Crippen molar-refractivity contribution >= 4 is 12.0 Å². The molecule has 0 bridgehead atoms.